The van der Waals surface area contributed by atoms with Gasteiger partial charge in [0.25, 0.3) is 5.91 Å². The zero-order valence-corrected chi connectivity index (χ0v) is 11.6. The van der Waals surface area contributed by atoms with Gasteiger partial charge in [0.05, 0.1) is 5.56 Å². The zero-order chi connectivity index (χ0) is 13.3. The number of rotatable bonds is 2. The lowest BCUT2D eigenvalue weighted by Gasteiger charge is -2.18. The maximum atomic E-state index is 13.6. The molecule has 18 heavy (non-hydrogen) atoms. The molecule has 1 fully saturated rings. The molecule has 98 valence electrons. The highest BCUT2D eigenvalue weighted by Crippen LogP contribution is 2.26. The van der Waals surface area contributed by atoms with Crippen LogP contribution in [0.2, 0.25) is 0 Å². The van der Waals surface area contributed by atoms with Crippen LogP contribution in [0.15, 0.2) is 23.1 Å². The number of hydrogen-bond donors (Lipinski definition) is 1. The third kappa shape index (κ3) is 2.69. The first-order valence-corrected chi connectivity index (χ1v) is 6.71. The second kappa shape index (κ2) is 5.31. The average molecular weight is 267 g/mol. The van der Waals surface area contributed by atoms with Gasteiger partial charge in [-0.2, -0.15) is 0 Å². The lowest BCUT2D eigenvalue weighted by Crippen LogP contribution is -2.30. The average Bonchev–Trinajstić information content (AvgIpc) is 2.81. The largest absolute Gasteiger partial charge is 0.338 e. The molecule has 0 spiro atoms. The van der Waals surface area contributed by atoms with Gasteiger partial charge < -0.3 is 4.90 Å². The van der Waals surface area contributed by atoms with Gasteiger partial charge >= 0.3 is 0 Å². The molecule has 1 aliphatic rings. The Labute approximate surface area is 113 Å². The van der Waals surface area contributed by atoms with Crippen LogP contribution in [0.1, 0.15) is 30.6 Å². The predicted octanol–water partition coefficient (Wildman–Crippen LogP) is 3.23. The van der Waals surface area contributed by atoms with E-state index in [2.05, 4.69) is 26.5 Å². The van der Waals surface area contributed by atoms with Crippen LogP contribution in [0, 0.1) is 17.7 Å². The highest BCUT2D eigenvalue weighted by molar-refractivity contribution is 7.80. The number of thiol groups is 1. The number of carbonyl (C=O) groups is 1. The van der Waals surface area contributed by atoms with E-state index in [1.807, 2.05) is 0 Å². The SMILES string of the molecule is CC(C)C1CCN(C(=O)c2cc(S)ccc2F)C1. The van der Waals surface area contributed by atoms with Crippen molar-refractivity contribution in [2.24, 2.45) is 11.8 Å². The number of amides is 1. The van der Waals surface area contributed by atoms with Crippen molar-refractivity contribution in [3.05, 3.63) is 29.6 Å². The van der Waals surface area contributed by atoms with Crippen molar-refractivity contribution in [3.63, 3.8) is 0 Å². The van der Waals surface area contributed by atoms with Crippen LogP contribution in [-0.2, 0) is 0 Å². The Hall–Kier alpha value is -1.03. The molecule has 1 saturated heterocycles. The normalized spacial score (nSPS) is 19.6. The Morgan fingerprint density at radius 1 is 1.50 bits per heavy atom. The van der Waals surface area contributed by atoms with E-state index in [9.17, 15) is 9.18 Å². The minimum absolute atomic E-state index is 0.131. The first kappa shape index (κ1) is 13.4. The number of benzene rings is 1. The Bertz CT molecular complexity index is 461. The van der Waals surface area contributed by atoms with Crippen LogP contribution in [0.4, 0.5) is 4.39 Å². The highest BCUT2D eigenvalue weighted by Gasteiger charge is 2.29. The molecule has 0 radical (unpaired) electrons. The summed E-state index contributed by atoms with van der Waals surface area (Å²) < 4.78 is 13.6. The summed E-state index contributed by atoms with van der Waals surface area (Å²) in [5.41, 5.74) is 0.131. The van der Waals surface area contributed by atoms with E-state index in [0.717, 1.165) is 19.5 Å². The molecule has 1 aliphatic heterocycles. The molecule has 1 amide bonds. The summed E-state index contributed by atoms with van der Waals surface area (Å²) in [6, 6.07) is 4.35. The van der Waals surface area contributed by atoms with E-state index in [1.54, 1.807) is 11.0 Å². The van der Waals surface area contributed by atoms with Crippen molar-refractivity contribution in [1.82, 2.24) is 4.90 Å². The number of halogens is 1. The van der Waals surface area contributed by atoms with Crippen LogP contribution in [0.5, 0.6) is 0 Å². The Morgan fingerprint density at radius 2 is 2.22 bits per heavy atom. The highest BCUT2D eigenvalue weighted by atomic mass is 32.1. The summed E-state index contributed by atoms with van der Waals surface area (Å²) in [5.74, 6) is 0.400. The quantitative estimate of drug-likeness (QED) is 0.816. The van der Waals surface area contributed by atoms with Gasteiger partial charge in [-0.15, -0.1) is 12.6 Å². The summed E-state index contributed by atoms with van der Waals surface area (Å²) in [6.07, 6.45) is 1.01. The van der Waals surface area contributed by atoms with E-state index >= 15 is 0 Å². The fraction of sp³-hybridized carbons (Fsp3) is 0.500. The van der Waals surface area contributed by atoms with Gasteiger partial charge in [0.1, 0.15) is 5.82 Å². The number of likely N-dealkylation sites (tertiary alicyclic amines) is 1. The van der Waals surface area contributed by atoms with Crippen molar-refractivity contribution in [2.75, 3.05) is 13.1 Å². The van der Waals surface area contributed by atoms with E-state index in [-0.39, 0.29) is 11.5 Å². The van der Waals surface area contributed by atoms with Crippen molar-refractivity contribution >= 4 is 18.5 Å². The molecule has 1 heterocycles. The first-order chi connectivity index (χ1) is 8.49. The molecule has 1 unspecified atom stereocenters. The molecule has 0 bridgehead atoms. The second-order valence-corrected chi connectivity index (χ2v) is 5.72. The van der Waals surface area contributed by atoms with Gasteiger partial charge in [-0.1, -0.05) is 13.8 Å². The smallest absolute Gasteiger partial charge is 0.256 e. The molecule has 1 atom stereocenters. The van der Waals surface area contributed by atoms with E-state index < -0.39 is 5.82 Å². The zero-order valence-electron chi connectivity index (χ0n) is 10.7. The van der Waals surface area contributed by atoms with Crippen LogP contribution >= 0.6 is 12.6 Å². The Morgan fingerprint density at radius 3 is 2.83 bits per heavy atom. The number of carbonyl (C=O) groups excluding carboxylic acids is 1. The van der Waals surface area contributed by atoms with Gasteiger partial charge in [0, 0.05) is 18.0 Å². The summed E-state index contributed by atoms with van der Waals surface area (Å²) in [7, 11) is 0. The summed E-state index contributed by atoms with van der Waals surface area (Å²) in [5, 5.41) is 0. The van der Waals surface area contributed by atoms with Crippen molar-refractivity contribution < 1.29 is 9.18 Å². The molecule has 0 aliphatic carbocycles. The van der Waals surface area contributed by atoms with Gasteiger partial charge in [-0.25, -0.2) is 4.39 Å². The van der Waals surface area contributed by atoms with E-state index in [1.165, 1.54) is 12.1 Å². The Balaban J connectivity index is 2.15. The summed E-state index contributed by atoms with van der Waals surface area (Å²) in [4.78, 5) is 14.6. The number of nitrogens with zero attached hydrogens (tertiary/aromatic N) is 1. The van der Waals surface area contributed by atoms with Crippen molar-refractivity contribution in [1.29, 1.82) is 0 Å². The molecule has 0 N–H and O–H groups in total. The van der Waals surface area contributed by atoms with Crippen LogP contribution < -0.4 is 0 Å². The first-order valence-electron chi connectivity index (χ1n) is 6.27. The van der Waals surface area contributed by atoms with Crippen LogP contribution in [0.3, 0.4) is 0 Å². The third-order valence-corrected chi connectivity index (χ3v) is 3.91. The standard InChI is InChI=1S/C14H18FNOS/c1-9(2)10-5-6-16(8-10)14(17)12-7-11(18)3-4-13(12)15/h3-4,7,9-10,18H,5-6,8H2,1-2H3. The molecule has 1 aromatic rings. The van der Waals surface area contributed by atoms with Gasteiger partial charge in [0.15, 0.2) is 0 Å². The maximum Gasteiger partial charge on any atom is 0.256 e. The monoisotopic (exact) mass is 267 g/mol. The topological polar surface area (TPSA) is 20.3 Å². The van der Waals surface area contributed by atoms with Crippen LogP contribution in [0.25, 0.3) is 0 Å². The minimum Gasteiger partial charge on any atom is -0.338 e. The van der Waals surface area contributed by atoms with Gasteiger partial charge in [-0.05, 0) is 36.5 Å². The van der Waals surface area contributed by atoms with Crippen LogP contribution in [-0.4, -0.2) is 23.9 Å². The van der Waals surface area contributed by atoms with E-state index in [0.29, 0.717) is 16.7 Å². The minimum atomic E-state index is -0.467. The summed E-state index contributed by atoms with van der Waals surface area (Å²) in [6.45, 7) is 5.77. The van der Waals surface area contributed by atoms with E-state index in [4.69, 9.17) is 0 Å². The van der Waals surface area contributed by atoms with Gasteiger partial charge in [0.2, 0.25) is 0 Å². The van der Waals surface area contributed by atoms with Crippen molar-refractivity contribution in [3.8, 4) is 0 Å². The molecule has 2 nitrogen and oxygen atoms in total. The maximum absolute atomic E-state index is 13.6. The predicted molar refractivity (Wildman–Crippen MR) is 72.5 cm³/mol. The molecular weight excluding hydrogens is 249 g/mol. The molecule has 0 saturated carbocycles. The van der Waals surface area contributed by atoms with Crippen molar-refractivity contribution in [2.45, 2.75) is 25.2 Å². The lowest BCUT2D eigenvalue weighted by atomic mass is 9.95. The third-order valence-electron chi connectivity index (χ3n) is 3.64. The summed E-state index contributed by atoms with van der Waals surface area (Å²) >= 11 is 4.15. The lowest BCUT2D eigenvalue weighted by molar-refractivity contribution is 0.0779. The molecule has 4 heteroatoms. The van der Waals surface area contributed by atoms with Gasteiger partial charge in [-0.3, -0.25) is 4.79 Å². The second-order valence-electron chi connectivity index (χ2n) is 5.21. The Kier molecular flexibility index (Phi) is 3.95. The fourth-order valence-electron chi connectivity index (χ4n) is 2.36. The molecule has 2 rings (SSSR count). The fourth-order valence-corrected chi connectivity index (χ4v) is 2.57. The molecule has 0 aromatic heterocycles. The number of hydrogen-bond acceptors (Lipinski definition) is 2. The molecular formula is C14H18FNOS. The molecule has 1 aromatic carbocycles.